The molecule has 0 aliphatic heterocycles. The molecule has 0 heterocycles. The lowest BCUT2D eigenvalue weighted by Crippen LogP contribution is -2.41. The average Bonchev–Trinajstić information content (AvgIpc) is 2.42. The van der Waals surface area contributed by atoms with Gasteiger partial charge < -0.3 is 0 Å². The van der Waals surface area contributed by atoms with Crippen LogP contribution in [0.3, 0.4) is 0 Å². The highest BCUT2D eigenvalue weighted by Crippen LogP contribution is 2.56. The minimum absolute atomic E-state index is 0.0600. The summed E-state index contributed by atoms with van der Waals surface area (Å²) < 4.78 is 0. The maximum Gasteiger partial charge on any atom is 0.0618 e. The Morgan fingerprint density at radius 3 is 1.84 bits per heavy atom. The maximum atomic E-state index is 6.60. The molecule has 3 heteroatoms. The molecular weight excluding hydrogens is 299 g/mol. The fourth-order valence-corrected chi connectivity index (χ4v) is 4.58. The van der Waals surface area contributed by atoms with Crippen LogP contribution in [0.2, 0.25) is 5.02 Å². The van der Waals surface area contributed by atoms with Crippen molar-refractivity contribution in [2.45, 2.75) is 22.6 Å². The quantitative estimate of drug-likeness (QED) is 0.591. The van der Waals surface area contributed by atoms with Crippen LogP contribution in [0.25, 0.3) is 0 Å². The summed E-state index contributed by atoms with van der Waals surface area (Å²) in [6.07, 6.45) is 0. The number of fused-ring (bicyclic) bond motifs is 1. The fourth-order valence-electron chi connectivity index (χ4n) is 3.56. The molecule has 2 aromatic rings. The zero-order valence-corrected chi connectivity index (χ0v) is 12.3. The molecular formula is C16H11Cl3. The van der Waals surface area contributed by atoms with Crippen molar-refractivity contribution in [2.24, 2.45) is 0 Å². The topological polar surface area (TPSA) is 0 Å². The molecule has 0 saturated heterocycles. The Hall–Kier alpha value is -0.690. The molecule has 0 nitrogen and oxygen atoms in total. The van der Waals surface area contributed by atoms with Crippen molar-refractivity contribution in [1.29, 1.82) is 0 Å². The minimum atomic E-state index is -0.0764. The Labute approximate surface area is 127 Å². The first-order chi connectivity index (χ1) is 9.18. The molecule has 2 bridgehead atoms. The highest BCUT2D eigenvalue weighted by atomic mass is 35.5. The summed E-state index contributed by atoms with van der Waals surface area (Å²) in [5, 5.41) is 0.626. The maximum absolute atomic E-state index is 6.60. The third kappa shape index (κ3) is 1.54. The van der Waals surface area contributed by atoms with Crippen molar-refractivity contribution in [3.63, 3.8) is 0 Å². The Morgan fingerprint density at radius 1 is 0.684 bits per heavy atom. The third-order valence-electron chi connectivity index (χ3n) is 4.33. The molecule has 96 valence electrons. The first-order valence-corrected chi connectivity index (χ1v) is 7.60. The Morgan fingerprint density at radius 2 is 1.21 bits per heavy atom. The van der Waals surface area contributed by atoms with Crippen LogP contribution < -0.4 is 0 Å². The largest absolute Gasteiger partial charge is 0.120 e. The van der Waals surface area contributed by atoms with E-state index in [4.69, 9.17) is 34.8 Å². The molecule has 0 fully saturated rings. The summed E-state index contributed by atoms with van der Waals surface area (Å²) in [5.74, 6) is 0.330. The summed E-state index contributed by atoms with van der Waals surface area (Å²) in [4.78, 5) is 0. The minimum Gasteiger partial charge on any atom is -0.120 e. The second kappa shape index (κ2) is 4.15. The van der Waals surface area contributed by atoms with Gasteiger partial charge in [0.05, 0.1) is 10.8 Å². The standard InChI is InChI=1S/C16H11Cl3/c17-8-5-6-11-12(7-8)14-10-4-2-1-3-9(10)13(11)15(18)16(14)19/h1-7,13-16H/t13-,14+,15-,16+/m1/s1. The highest BCUT2D eigenvalue weighted by molar-refractivity contribution is 6.32. The number of alkyl halides is 2. The number of hydrogen-bond donors (Lipinski definition) is 0. The van der Waals surface area contributed by atoms with Crippen LogP contribution in [0.5, 0.6) is 0 Å². The van der Waals surface area contributed by atoms with Crippen molar-refractivity contribution >= 4 is 34.8 Å². The second-order valence-electron chi connectivity index (χ2n) is 5.25. The van der Waals surface area contributed by atoms with Gasteiger partial charge in [-0.05, 0) is 34.4 Å². The average molecular weight is 310 g/mol. The molecule has 0 aromatic heterocycles. The molecule has 0 spiro atoms. The van der Waals surface area contributed by atoms with Crippen molar-refractivity contribution in [1.82, 2.24) is 0 Å². The highest BCUT2D eigenvalue weighted by Gasteiger charge is 2.48. The Balaban J connectivity index is 2.05. The van der Waals surface area contributed by atoms with Crippen LogP contribution in [0.1, 0.15) is 34.1 Å². The van der Waals surface area contributed by atoms with Gasteiger partial charge in [-0.15, -0.1) is 23.2 Å². The van der Waals surface area contributed by atoms with Crippen molar-refractivity contribution in [3.05, 3.63) is 69.7 Å². The summed E-state index contributed by atoms with van der Waals surface area (Å²) in [7, 11) is 0. The van der Waals surface area contributed by atoms with E-state index in [0.29, 0.717) is 0 Å². The second-order valence-corrected chi connectivity index (χ2v) is 6.69. The van der Waals surface area contributed by atoms with E-state index in [9.17, 15) is 0 Å². The van der Waals surface area contributed by atoms with Crippen LogP contribution in [0.15, 0.2) is 42.5 Å². The van der Waals surface area contributed by atoms with Gasteiger partial charge in [-0.2, -0.15) is 0 Å². The van der Waals surface area contributed by atoms with Crippen molar-refractivity contribution in [2.75, 3.05) is 0 Å². The summed E-state index contributed by atoms with van der Waals surface area (Å²) in [5.41, 5.74) is 5.15. The normalized spacial score (nSPS) is 30.9. The summed E-state index contributed by atoms with van der Waals surface area (Å²) in [6.45, 7) is 0. The Bertz CT molecular complexity index is 665. The van der Waals surface area contributed by atoms with E-state index in [2.05, 4.69) is 30.3 Å². The molecule has 19 heavy (non-hydrogen) atoms. The lowest BCUT2D eigenvalue weighted by atomic mass is 9.63. The molecule has 4 atom stereocenters. The van der Waals surface area contributed by atoms with Crippen LogP contribution in [-0.4, -0.2) is 10.8 Å². The first kappa shape index (κ1) is 12.1. The molecule has 0 N–H and O–H groups in total. The van der Waals surface area contributed by atoms with Gasteiger partial charge >= 0.3 is 0 Å². The monoisotopic (exact) mass is 308 g/mol. The van der Waals surface area contributed by atoms with E-state index < -0.39 is 0 Å². The summed E-state index contributed by atoms with van der Waals surface area (Å²) in [6, 6.07) is 14.6. The lowest BCUT2D eigenvalue weighted by molar-refractivity contribution is 0.535. The van der Waals surface area contributed by atoms with E-state index in [1.54, 1.807) is 0 Å². The number of rotatable bonds is 0. The molecule has 0 radical (unpaired) electrons. The van der Waals surface area contributed by atoms with E-state index in [-0.39, 0.29) is 22.6 Å². The van der Waals surface area contributed by atoms with Crippen LogP contribution in [0.4, 0.5) is 0 Å². The van der Waals surface area contributed by atoms with Crippen LogP contribution in [-0.2, 0) is 0 Å². The van der Waals surface area contributed by atoms with Crippen molar-refractivity contribution in [3.8, 4) is 0 Å². The first-order valence-electron chi connectivity index (χ1n) is 6.35. The molecule has 3 aliphatic carbocycles. The van der Waals surface area contributed by atoms with E-state index >= 15 is 0 Å². The molecule has 5 rings (SSSR count). The predicted molar refractivity (Wildman–Crippen MR) is 80.9 cm³/mol. The van der Waals surface area contributed by atoms with Crippen molar-refractivity contribution < 1.29 is 0 Å². The Kier molecular flexibility index (Phi) is 2.64. The van der Waals surface area contributed by atoms with Crippen LogP contribution in [0, 0.1) is 0 Å². The van der Waals surface area contributed by atoms with Gasteiger partial charge in [0, 0.05) is 16.9 Å². The predicted octanol–water partition coefficient (Wildman–Crippen LogP) is 5.15. The third-order valence-corrected chi connectivity index (χ3v) is 5.74. The van der Waals surface area contributed by atoms with Gasteiger partial charge in [0.15, 0.2) is 0 Å². The number of hydrogen-bond acceptors (Lipinski definition) is 0. The lowest BCUT2D eigenvalue weighted by Gasteiger charge is -2.46. The van der Waals surface area contributed by atoms with Crippen LogP contribution >= 0.6 is 34.8 Å². The fraction of sp³-hybridized carbons (Fsp3) is 0.250. The smallest absolute Gasteiger partial charge is 0.0618 e. The van der Waals surface area contributed by atoms with Gasteiger partial charge in [0.25, 0.3) is 0 Å². The molecule has 0 saturated carbocycles. The zero-order valence-electron chi connectivity index (χ0n) is 9.98. The molecule has 3 aliphatic rings. The van der Waals surface area contributed by atoms with Gasteiger partial charge in [0.2, 0.25) is 0 Å². The molecule has 0 amide bonds. The van der Waals surface area contributed by atoms with Gasteiger partial charge in [-0.3, -0.25) is 0 Å². The zero-order chi connectivity index (χ0) is 13.1. The molecule has 2 aromatic carbocycles. The number of benzene rings is 2. The van der Waals surface area contributed by atoms with Gasteiger partial charge in [-0.25, -0.2) is 0 Å². The summed E-state index contributed by atoms with van der Waals surface area (Å²) >= 11 is 19.3. The van der Waals surface area contributed by atoms with Gasteiger partial charge in [-0.1, -0.05) is 41.9 Å². The molecule has 0 unspecified atom stereocenters. The van der Waals surface area contributed by atoms with E-state index in [1.165, 1.54) is 22.3 Å². The van der Waals surface area contributed by atoms with Gasteiger partial charge in [0.1, 0.15) is 0 Å². The number of halogens is 3. The SMILES string of the molecule is Clc1ccc2c(c1)[C@@H]1c3ccccc3[C@H]2[C@@H](Cl)[C@H]1Cl. The van der Waals surface area contributed by atoms with E-state index in [1.807, 2.05) is 12.1 Å². The van der Waals surface area contributed by atoms with E-state index in [0.717, 1.165) is 5.02 Å².